The molecule has 0 fully saturated rings. The van der Waals surface area contributed by atoms with Crippen molar-refractivity contribution in [3.63, 3.8) is 0 Å². The van der Waals surface area contributed by atoms with Gasteiger partial charge in [0.15, 0.2) is 17.6 Å². The van der Waals surface area contributed by atoms with Crippen LogP contribution in [0, 0.1) is 0 Å². The Kier molecular flexibility index (Phi) is 2.88. The normalized spacial score (nSPS) is 17.8. The Balaban J connectivity index is 1.58. The summed E-state index contributed by atoms with van der Waals surface area (Å²) in [4.78, 5) is 0. The molecule has 2 aromatic rings. The maximum atomic E-state index is 5.75. The van der Waals surface area contributed by atoms with Crippen LogP contribution in [0.2, 0.25) is 0 Å². The Morgan fingerprint density at radius 2 is 2.00 bits per heavy atom. The van der Waals surface area contributed by atoms with Crippen molar-refractivity contribution in [1.82, 2.24) is 0 Å². The van der Waals surface area contributed by atoms with E-state index in [2.05, 4.69) is 0 Å². The monoisotopic (exact) mass is 248 g/mol. The van der Waals surface area contributed by atoms with Gasteiger partial charge in [0.05, 0.1) is 0 Å². The van der Waals surface area contributed by atoms with E-state index >= 15 is 0 Å². The van der Waals surface area contributed by atoms with Gasteiger partial charge in [-0.25, -0.2) is 0 Å². The minimum atomic E-state index is -0.0442. The van der Waals surface area contributed by atoms with Crippen LogP contribution in [0.3, 0.4) is 0 Å². The summed E-state index contributed by atoms with van der Waals surface area (Å²) in [5, 5.41) is 3.90. The van der Waals surface area contributed by atoms with Gasteiger partial charge in [-0.2, -0.15) is 0 Å². The minimum absolute atomic E-state index is 0.0442. The minimum Gasteiger partial charge on any atom is -0.490 e. The number of fused-ring (bicyclic) bond motifs is 1. The molecule has 0 saturated carbocycles. The third-order valence-corrected chi connectivity index (χ3v) is 3.19. The summed E-state index contributed by atoms with van der Waals surface area (Å²) >= 11 is 1.58. The smallest absolute Gasteiger partial charge is 0.172 e. The lowest BCUT2D eigenvalue weighted by Gasteiger charge is -2.24. The van der Waals surface area contributed by atoms with Crippen LogP contribution < -0.4 is 14.2 Å². The third-order valence-electron chi connectivity index (χ3n) is 2.49. The van der Waals surface area contributed by atoms with E-state index in [4.69, 9.17) is 14.2 Å². The van der Waals surface area contributed by atoms with Gasteiger partial charge >= 0.3 is 0 Å². The van der Waals surface area contributed by atoms with Crippen molar-refractivity contribution in [1.29, 1.82) is 0 Å². The summed E-state index contributed by atoms with van der Waals surface area (Å²) in [6.07, 6.45) is -0.0442. The maximum absolute atomic E-state index is 5.75. The number of rotatable bonds is 3. The molecule has 3 rings (SSSR count). The highest BCUT2D eigenvalue weighted by Gasteiger charge is 2.22. The molecule has 0 N–H and O–H groups in total. The van der Waals surface area contributed by atoms with Gasteiger partial charge in [0.2, 0.25) is 0 Å². The van der Waals surface area contributed by atoms with Gasteiger partial charge in [-0.15, -0.1) is 11.3 Å². The van der Waals surface area contributed by atoms with Crippen molar-refractivity contribution >= 4 is 11.3 Å². The summed E-state index contributed by atoms with van der Waals surface area (Å²) in [5.41, 5.74) is 0. The Morgan fingerprint density at radius 3 is 2.88 bits per heavy atom. The van der Waals surface area contributed by atoms with Gasteiger partial charge in [-0.1, -0.05) is 18.2 Å². The van der Waals surface area contributed by atoms with Crippen molar-refractivity contribution in [3.8, 4) is 17.2 Å². The fourth-order valence-corrected chi connectivity index (χ4v) is 2.32. The van der Waals surface area contributed by atoms with E-state index in [1.807, 2.05) is 41.1 Å². The van der Waals surface area contributed by atoms with E-state index in [0.29, 0.717) is 13.2 Å². The third kappa shape index (κ3) is 2.36. The lowest BCUT2D eigenvalue weighted by atomic mass is 10.3. The van der Waals surface area contributed by atoms with E-state index < -0.39 is 0 Å². The number of hydrogen-bond donors (Lipinski definition) is 0. The SMILES string of the molecule is c1ccc(OCC2COc3cscc3O2)cc1. The Morgan fingerprint density at radius 1 is 1.18 bits per heavy atom. The predicted octanol–water partition coefficient (Wildman–Crippen LogP) is 2.97. The Bertz CT molecular complexity index is 480. The molecule has 1 aromatic heterocycles. The first-order chi connectivity index (χ1) is 8.42. The lowest BCUT2D eigenvalue weighted by molar-refractivity contribution is 0.0546. The van der Waals surface area contributed by atoms with Crippen LogP contribution in [0.1, 0.15) is 0 Å². The molecule has 0 saturated heterocycles. The van der Waals surface area contributed by atoms with Crippen molar-refractivity contribution in [2.45, 2.75) is 6.10 Å². The number of thiophene rings is 1. The molecule has 3 nitrogen and oxygen atoms in total. The molecule has 17 heavy (non-hydrogen) atoms. The van der Waals surface area contributed by atoms with Gasteiger partial charge < -0.3 is 14.2 Å². The molecular weight excluding hydrogens is 236 g/mol. The Hall–Kier alpha value is -1.68. The average molecular weight is 248 g/mol. The van der Waals surface area contributed by atoms with Gasteiger partial charge in [0, 0.05) is 10.8 Å². The van der Waals surface area contributed by atoms with E-state index in [9.17, 15) is 0 Å². The molecule has 4 heteroatoms. The summed E-state index contributed by atoms with van der Waals surface area (Å²) < 4.78 is 17.0. The zero-order valence-electron chi connectivity index (χ0n) is 9.17. The first kappa shape index (κ1) is 10.5. The molecule has 1 unspecified atom stereocenters. The summed E-state index contributed by atoms with van der Waals surface area (Å²) in [5.74, 6) is 2.51. The molecule has 0 amide bonds. The highest BCUT2D eigenvalue weighted by molar-refractivity contribution is 7.08. The van der Waals surface area contributed by atoms with Gasteiger partial charge in [-0.05, 0) is 12.1 Å². The fraction of sp³-hybridized carbons (Fsp3) is 0.231. The molecule has 1 atom stereocenters. The first-order valence-corrected chi connectivity index (χ1v) is 6.39. The second-order valence-corrected chi connectivity index (χ2v) is 4.52. The molecule has 1 aliphatic rings. The van der Waals surface area contributed by atoms with Gasteiger partial charge in [0.1, 0.15) is 19.0 Å². The van der Waals surface area contributed by atoms with Crippen LogP contribution in [0.25, 0.3) is 0 Å². The fourth-order valence-electron chi connectivity index (χ4n) is 1.65. The molecular formula is C13H12O3S. The lowest BCUT2D eigenvalue weighted by Crippen LogP contribution is -2.34. The topological polar surface area (TPSA) is 27.7 Å². The maximum Gasteiger partial charge on any atom is 0.172 e. The summed E-state index contributed by atoms with van der Waals surface area (Å²) in [7, 11) is 0. The van der Waals surface area contributed by atoms with E-state index in [-0.39, 0.29) is 6.10 Å². The second-order valence-electron chi connectivity index (χ2n) is 3.78. The highest BCUT2D eigenvalue weighted by Crippen LogP contribution is 2.35. The number of ether oxygens (including phenoxy) is 3. The molecule has 0 bridgehead atoms. The molecule has 0 aliphatic carbocycles. The second kappa shape index (κ2) is 4.67. The summed E-state index contributed by atoms with van der Waals surface area (Å²) in [6.45, 7) is 1.04. The van der Waals surface area contributed by atoms with Gasteiger partial charge in [-0.3, -0.25) is 0 Å². The van der Waals surface area contributed by atoms with Crippen molar-refractivity contribution in [2.24, 2.45) is 0 Å². The average Bonchev–Trinajstić information content (AvgIpc) is 2.85. The zero-order chi connectivity index (χ0) is 11.5. The molecule has 1 aromatic carbocycles. The van der Waals surface area contributed by atoms with Crippen LogP contribution in [0.15, 0.2) is 41.1 Å². The molecule has 0 radical (unpaired) electrons. The standard InChI is InChI=1S/C13H12O3S/c1-2-4-10(5-3-1)14-6-11-7-15-12-8-17-9-13(12)16-11/h1-5,8-9,11H,6-7H2. The van der Waals surface area contributed by atoms with E-state index in [1.54, 1.807) is 11.3 Å². The van der Waals surface area contributed by atoms with Crippen molar-refractivity contribution in [3.05, 3.63) is 41.1 Å². The largest absolute Gasteiger partial charge is 0.490 e. The molecule has 0 spiro atoms. The number of para-hydroxylation sites is 1. The van der Waals surface area contributed by atoms with Crippen LogP contribution in [0.4, 0.5) is 0 Å². The Labute approximate surface area is 104 Å². The summed E-state index contributed by atoms with van der Waals surface area (Å²) in [6, 6.07) is 9.72. The molecule has 2 heterocycles. The quantitative estimate of drug-likeness (QED) is 0.835. The number of hydrogen-bond acceptors (Lipinski definition) is 4. The van der Waals surface area contributed by atoms with Crippen LogP contribution in [0.5, 0.6) is 17.2 Å². The molecule has 1 aliphatic heterocycles. The first-order valence-electron chi connectivity index (χ1n) is 5.45. The number of benzene rings is 1. The van der Waals surface area contributed by atoms with Crippen LogP contribution in [-0.2, 0) is 0 Å². The van der Waals surface area contributed by atoms with Crippen molar-refractivity contribution in [2.75, 3.05) is 13.2 Å². The van der Waals surface area contributed by atoms with Gasteiger partial charge in [0.25, 0.3) is 0 Å². The predicted molar refractivity (Wildman–Crippen MR) is 66.2 cm³/mol. The molecule has 88 valence electrons. The van der Waals surface area contributed by atoms with Crippen LogP contribution in [-0.4, -0.2) is 19.3 Å². The van der Waals surface area contributed by atoms with Crippen molar-refractivity contribution < 1.29 is 14.2 Å². The highest BCUT2D eigenvalue weighted by atomic mass is 32.1. The van der Waals surface area contributed by atoms with Crippen LogP contribution >= 0.6 is 11.3 Å². The van der Waals surface area contributed by atoms with E-state index in [1.165, 1.54) is 0 Å². The zero-order valence-corrected chi connectivity index (χ0v) is 9.98. The van der Waals surface area contributed by atoms with E-state index in [0.717, 1.165) is 17.2 Å².